The molecule has 6 heteroatoms. The average Bonchev–Trinajstić information content (AvgIpc) is 2.87. The number of pyridine rings is 1. The van der Waals surface area contributed by atoms with Crippen molar-refractivity contribution in [3.05, 3.63) is 46.8 Å². The summed E-state index contributed by atoms with van der Waals surface area (Å²) in [5, 5.41) is 2.67. The minimum atomic E-state index is -0.0187. The lowest BCUT2D eigenvalue weighted by Crippen LogP contribution is -2.25. The van der Waals surface area contributed by atoms with Crippen LogP contribution in [0.5, 0.6) is 11.5 Å². The molecule has 0 saturated carbocycles. The van der Waals surface area contributed by atoms with Gasteiger partial charge in [-0.1, -0.05) is 27.7 Å². The highest BCUT2D eigenvalue weighted by Crippen LogP contribution is 2.28. The van der Waals surface area contributed by atoms with E-state index in [-0.39, 0.29) is 5.56 Å². The summed E-state index contributed by atoms with van der Waals surface area (Å²) >= 11 is 0. The Hall–Kier alpha value is -2.57. The second kappa shape index (κ2) is 12.8. The van der Waals surface area contributed by atoms with Gasteiger partial charge >= 0.3 is 0 Å². The van der Waals surface area contributed by atoms with Gasteiger partial charge in [0.05, 0.1) is 24.1 Å². The van der Waals surface area contributed by atoms with Gasteiger partial charge in [0.2, 0.25) is 0 Å². The number of benzene rings is 2. The normalized spacial score (nSPS) is 11.7. The first kappa shape index (κ1) is 26.0. The molecule has 0 N–H and O–H groups in total. The summed E-state index contributed by atoms with van der Waals surface area (Å²) in [5.74, 6) is 1.55. The molecule has 0 atom stereocenters. The molecule has 3 rings (SSSR count). The van der Waals surface area contributed by atoms with Crippen molar-refractivity contribution in [2.24, 2.45) is 7.05 Å². The van der Waals surface area contributed by atoms with E-state index in [2.05, 4.69) is 43.6 Å². The van der Waals surface area contributed by atoms with Crippen LogP contribution < -0.4 is 15.0 Å². The molecule has 0 radical (unpaired) electrons. The maximum absolute atomic E-state index is 13.2. The highest BCUT2D eigenvalue weighted by Gasteiger charge is 2.11. The first-order valence-electron chi connectivity index (χ1n) is 12.8. The number of aryl methyl sites for hydroxylation is 1. The predicted molar refractivity (Wildman–Crippen MR) is 142 cm³/mol. The van der Waals surface area contributed by atoms with Crippen LogP contribution >= 0.6 is 0 Å². The fourth-order valence-electron chi connectivity index (χ4n) is 4.46. The molecular weight excluding hydrogens is 426 g/mol. The molecule has 0 aliphatic heterocycles. The molecule has 1 aromatic heterocycles. The highest BCUT2D eigenvalue weighted by atomic mass is 16.5. The lowest BCUT2D eigenvalue weighted by molar-refractivity contribution is 0.249. The molecule has 6 nitrogen and oxygen atoms in total. The topological polar surface area (TPSA) is 46.9 Å². The summed E-state index contributed by atoms with van der Waals surface area (Å²) in [5.41, 5.74) is 0.862. The Morgan fingerprint density at radius 2 is 1.21 bits per heavy atom. The summed E-state index contributed by atoms with van der Waals surface area (Å²) in [7, 11) is 1.83. The Balaban J connectivity index is 1.73. The van der Waals surface area contributed by atoms with E-state index in [1.807, 2.05) is 37.4 Å². The zero-order chi connectivity index (χ0) is 24.5. The van der Waals surface area contributed by atoms with Crippen molar-refractivity contribution in [1.29, 1.82) is 0 Å². The van der Waals surface area contributed by atoms with Crippen molar-refractivity contribution in [2.45, 2.75) is 40.5 Å². The van der Waals surface area contributed by atoms with Crippen LogP contribution in [0, 0.1) is 0 Å². The second-order valence-electron chi connectivity index (χ2n) is 8.71. The molecule has 0 amide bonds. The smallest absolute Gasteiger partial charge is 0.258 e. The number of ether oxygens (including phenoxy) is 2. The van der Waals surface area contributed by atoms with Crippen molar-refractivity contribution < 1.29 is 9.47 Å². The van der Waals surface area contributed by atoms with E-state index in [9.17, 15) is 4.79 Å². The van der Waals surface area contributed by atoms with Crippen molar-refractivity contribution in [1.82, 2.24) is 14.4 Å². The van der Waals surface area contributed by atoms with Crippen LogP contribution in [0.3, 0.4) is 0 Å². The molecule has 0 aliphatic rings. The van der Waals surface area contributed by atoms with Crippen LogP contribution in [0.15, 0.2) is 41.2 Å². The number of nitrogens with zero attached hydrogens (tertiary/aromatic N) is 3. The summed E-state index contributed by atoms with van der Waals surface area (Å²) in [6.07, 6.45) is 1.95. The van der Waals surface area contributed by atoms with E-state index < -0.39 is 0 Å². The van der Waals surface area contributed by atoms with Crippen molar-refractivity contribution in [3.63, 3.8) is 0 Å². The van der Waals surface area contributed by atoms with Crippen molar-refractivity contribution >= 4 is 21.7 Å². The molecule has 2 aromatic carbocycles. The molecule has 0 fully saturated rings. The zero-order valence-electron chi connectivity index (χ0n) is 21.6. The predicted octanol–water partition coefficient (Wildman–Crippen LogP) is 4.91. The quantitative estimate of drug-likeness (QED) is 0.249. The maximum Gasteiger partial charge on any atom is 0.258 e. The Morgan fingerprint density at radius 1 is 0.706 bits per heavy atom. The van der Waals surface area contributed by atoms with Crippen LogP contribution in [-0.4, -0.2) is 66.8 Å². The SMILES string of the molecule is CCN(CC)CCCOc1ccc2c(c1)c(=O)n(C)c1cc(OCCCN(CC)CC)ccc21. The Bertz CT molecular complexity index is 1120. The molecule has 0 aliphatic carbocycles. The Morgan fingerprint density at radius 3 is 1.74 bits per heavy atom. The number of aromatic nitrogens is 1. The molecule has 34 heavy (non-hydrogen) atoms. The lowest BCUT2D eigenvalue weighted by Gasteiger charge is -2.18. The van der Waals surface area contributed by atoms with Crippen LogP contribution in [0.2, 0.25) is 0 Å². The van der Waals surface area contributed by atoms with Crippen molar-refractivity contribution in [2.75, 3.05) is 52.5 Å². The van der Waals surface area contributed by atoms with Crippen molar-refractivity contribution in [3.8, 4) is 11.5 Å². The fraction of sp³-hybridized carbons (Fsp3) is 0.536. The van der Waals surface area contributed by atoms with Gasteiger partial charge in [-0.2, -0.15) is 0 Å². The summed E-state index contributed by atoms with van der Waals surface area (Å²) < 4.78 is 13.7. The molecule has 0 unspecified atom stereocenters. The van der Waals surface area contributed by atoms with Gasteiger partial charge in [0.25, 0.3) is 5.56 Å². The second-order valence-corrected chi connectivity index (χ2v) is 8.71. The minimum Gasteiger partial charge on any atom is -0.494 e. The van der Waals surface area contributed by atoms with Gasteiger partial charge in [0, 0.05) is 31.6 Å². The first-order chi connectivity index (χ1) is 16.5. The summed E-state index contributed by atoms with van der Waals surface area (Å²) in [6, 6.07) is 11.9. The van der Waals surface area contributed by atoms with Gasteiger partial charge in [0.15, 0.2) is 0 Å². The first-order valence-corrected chi connectivity index (χ1v) is 12.8. The molecule has 0 bridgehead atoms. The fourth-order valence-corrected chi connectivity index (χ4v) is 4.46. The van der Waals surface area contributed by atoms with Crippen LogP contribution in [0.1, 0.15) is 40.5 Å². The molecular formula is C28H41N3O3. The van der Waals surface area contributed by atoms with E-state index in [1.165, 1.54) is 0 Å². The van der Waals surface area contributed by atoms with Gasteiger partial charge in [-0.05, 0) is 74.7 Å². The van der Waals surface area contributed by atoms with Gasteiger partial charge in [0.1, 0.15) is 11.5 Å². The summed E-state index contributed by atoms with van der Waals surface area (Å²) in [6.45, 7) is 16.3. The number of fused-ring (bicyclic) bond motifs is 3. The van der Waals surface area contributed by atoms with Gasteiger partial charge in [-0.3, -0.25) is 4.79 Å². The lowest BCUT2D eigenvalue weighted by atomic mass is 10.1. The zero-order valence-corrected chi connectivity index (χ0v) is 21.6. The number of rotatable bonds is 14. The van der Waals surface area contributed by atoms with Gasteiger partial charge in [-0.25, -0.2) is 0 Å². The Kier molecular flexibility index (Phi) is 9.78. The van der Waals surface area contributed by atoms with E-state index in [0.29, 0.717) is 18.6 Å². The average molecular weight is 468 g/mol. The largest absolute Gasteiger partial charge is 0.494 e. The molecule has 186 valence electrons. The molecule has 1 heterocycles. The third kappa shape index (κ3) is 6.30. The van der Waals surface area contributed by atoms with E-state index in [0.717, 1.165) is 79.9 Å². The molecule has 0 saturated heterocycles. The van der Waals surface area contributed by atoms with Gasteiger partial charge in [-0.15, -0.1) is 0 Å². The number of hydrogen-bond acceptors (Lipinski definition) is 5. The monoisotopic (exact) mass is 467 g/mol. The third-order valence-electron chi connectivity index (χ3n) is 6.71. The molecule has 3 aromatic rings. The van der Waals surface area contributed by atoms with Crippen LogP contribution in [0.25, 0.3) is 21.7 Å². The maximum atomic E-state index is 13.2. The van der Waals surface area contributed by atoms with Gasteiger partial charge < -0.3 is 23.8 Å². The van der Waals surface area contributed by atoms with Crippen LogP contribution in [-0.2, 0) is 7.05 Å². The number of hydrogen-bond donors (Lipinski definition) is 0. The Labute approximate surface area is 204 Å². The van der Waals surface area contributed by atoms with E-state index in [1.54, 1.807) is 4.57 Å². The van der Waals surface area contributed by atoms with E-state index >= 15 is 0 Å². The minimum absolute atomic E-state index is 0.0187. The van der Waals surface area contributed by atoms with Crippen LogP contribution in [0.4, 0.5) is 0 Å². The summed E-state index contributed by atoms with van der Waals surface area (Å²) in [4.78, 5) is 17.9. The highest BCUT2D eigenvalue weighted by molar-refractivity contribution is 6.06. The third-order valence-corrected chi connectivity index (χ3v) is 6.71. The standard InChI is InChI=1S/C28H41N3O3/c1-6-30(7-2)16-10-18-33-22-12-14-24-25-15-13-23(34-19-11-17-31(8-3)9-4)21-27(25)29(5)28(32)26(24)20-22/h12-15,20-21H,6-11,16-19H2,1-5H3. The van der Waals surface area contributed by atoms with E-state index in [4.69, 9.17) is 9.47 Å². The molecule has 0 spiro atoms.